The number of halogens is 2. The predicted molar refractivity (Wildman–Crippen MR) is 88.6 cm³/mol. The molecule has 1 aromatic rings. The summed E-state index contributed by atoms with van der Waals surface area (Å²) < 4.78 is 26.6. The largest absolute Gasteiger partial charge is 0.480 e. The van der Waals surface area contributed by atoms with Gasteiger partial charge in [-0.05, 0) is 38.0 Å². The number of carbonyl (C=O) groups excluding carboxylic acids is 1. The van der Waals surface area contributed by atoms with Crippen LogP contribution in [0.5, 0.6) is 0 Å². The smallest absolute Gasteiger partial charge is 0.325 e. The van der Waals surface area contributed by atoms with Crippen LogP contribution in [0.25, 0.3) is 0 Å². The number of rotatable bonds is 5. The SMILES string of the molecule is CC(NC(=O)[C@@H]1CCCN1S(=O)(=O)c1cc(Cl)cc(Cl)c1)C(=O)O. The fraction of sp³-hybridized carbons (Fsp3) is 0.429. The number of aliphatic carboxylic acids is 1. The van der Waals surface area contributed by atoms with Gasteiger partial charge in [-0.3, -0.25) is 9.59 Å². The van der Waals surface area contributed by atoms with Gasteiger partial charge in [0.15, 0.2) is 0 Å². The molecule has 0 aromatic heterocycles. The maximum absolute atomic E-state index is 12.8. The zero-order chi connectivity index (χ0) is 18.1. The molecule has 2 N–H and O–H groups in total. The van der Waals surface area contributed by atoms with Gasteiger partial charge in [0, 0.05) is 16.6 Å². The molecular weight excluding hydrogens is 379 g/mol. The number of carbonyl (C=O) groups is 2. The highest BCUT2D eigenvalue weighted by molar-refractivity contribution is 7.89. The lowest BCUT2D eigenvalue weighted by Crippen LogP contribution is -2.49. The Hall–Kier alpha value is -1.35. The van der Waals surface area contributed by atoms with Gasteiger partial charge in [0.25, 0.3) is 0 Å². The predicted octanol–water partition coefficient (Wildman–Crippen LogP) is 1.74. The number of benzene rings is 1. The van der Waals surface area contributed by atoms with Crippen molar-refractivity contribution in [2.75, 3.05) is 6.54 Å². The van der Waals surface area contributed by atoms with E-state index in [2.05, 4.69) is 5.32 Å². The van der Waals surface area contributed by atoms with Gasteiger partial charge < -0.3 is 10.4 Å². The Balaban J connectivity index is 2.28. The van der Waals surface area contributed by atoms with Crippen LogP contribution in [0, 0.1) is 0 Å². The first-order chi connectivity index (χ1) is 11.1. The molecule has 1 saturated heterocycles. The summed E-state index contributed by atoms with van der Waals surface area (Å²) in [4.78, 5) is 23.0. The minimum Gasteiger partial charge on any atom is -0.480 e. The minimum atomic E-state index is -3.98. The van der Waals surface area contributed by atoms with E-state index in [0.717, 1.165) is 4.31 Å². The molecule has 1 aromatic carbocycles. The molecule has 10 heteroatoms. The Kier molecular flexibility index (Phi) is 5.74. The molecule has 0 saturated carbocycles. The second-order valence-corrected chi connectivity index (χ2v) is 8.21. The van der Waals surface area contributed by atoms with Gasteiger partial charge in [0.05, 0.1) is 4.90 Å². The van der Waals surface area contributed by atoms with Gasteiger partial charge in [-0.1, -0.05) is 23.2 Å². The summed E-state index contributed by atoms with van der Waals surface area (Å²) in [5.74, 6) is -1.84. The maximum Gasteiger partial charge on any atom is 0.325 e. The third-order valence-electron chi connectivity index (χ3n) is 3.68. The van der Waals surface area contributed by atoms with Gasteiger partial charge in [-0.2, -0.15) is 4.31 Å². The van der Waals surface area contributed by atoms with Gasteiger partial charge >= 0.3 is 5.97 Å². The van der Waals surface area contributed by atoms with Crippen molar-refractivity contribution in [3.63, 3.8) is 0 Å². The van der Waals surface area contributed by atoms with Crippen molar-refractivity contribution >= 4 is 45.1 Å². The van der Waals surface area contributed by atoms with Crippen molar-refractivity contribution in [2.45, 2.75) is 36.7 Å². The highest BCUT2D eigenvalue weighted by Gasteiger charge is 2.40. The zero-order valence-corrected chi connectivity index (χ0v) is 15.0. The summed E-state index contributed by atoms with van der Waals surface area (Å²) >= 11 is 11.7. The van der Waals surface area contributed by atoms with Crippen molar-refractivity contribution in [1.82, 2.24) is 9.62 Å². The minimum absolute atomic E-state index is 0.106. The molecule has 0 spiro atoms. The van der Waals surface area contributed by atoms with E-state index in [0.29, 0.717) is 12.8 Å². The second kappa shape index (κ2) is 7.26. The summed E-state index contributed by atoms with van der Waals surface area (Å²) in [5, 5.41) is 11.5. The van der Waals surface area contributed by atoms with Crippen LogP contribution in [0.1, 0.15) is 19.8 Å². The molecule has 2 atom stereocenters. The number of carboxylic acids is 1. The van der Waals surface area contributed by atoms with E-state index < -0.39 is 34.0 Å². The Morgan fingerprint density at radius 3 is 2.42 bits per heavy atom. The van der Waals surface area contributed by atoms with Gasteiger partial charge in [0.2, 0.25) is 15.9 Å². The third kappa shape index (κ3) is 4.00. The van der Waals surface area contributed by atoms with Crippen LogP contribution in [0.3, 0.4) is 0 Å². The lowest BCUT2D eigenvalue weighted by molar-refractivity contribution is -0.141. The lowest BCUT2D eigenvalue weighted by atomic mass is 10.2. The average Bonchev–Trinajstić information content (AvgIpc) is 2.96. The maximum atomic E-state index is 12.8. The van der Waals surface area contributed by atoms with E-state index in [1.165, 1.54) is 25.1 Å². The molecule has 0 radical (unpaired) electrons. The van der Waals surface area contributed by atoms with E-state index in [-0.39, 0.29) is 21.5 Å². The Labute approximate surface area is 149 Å². The summed E-state index contributed by atoms with van der Waals surface area (Å²) in [6.07, 6.45) is 0.804. The van der Waals surface area contributed by atoms with Crippen molar-refractivity contribution in [1.29, 1.82) is 0 Å². The van der Waals surface area contributed by atoms with Gasteiger partial charge in [-0.25, -0.2) is 8.42 Å². The zero-order valence-electron chi connectivity index (χ0n) is 12.7. The fourth-order valence-corrected chi connectivity index (χ4v) is 4.86. The summed E-state index contributed by atoms with van der Waals surface area (Å²) in [5.41, 5.74) is 0. The molecule has 24 heavy (non-hydrogen) atoms. The Morgan fingerprint density at radius 2 is 1.88 bits per heavy atom. The van der Waals surface area contributed by atoms with E-state index in [1.807, 2.05) is 0 Å². The van der Waals surface area contributed by atoms with Gasteiger partial charge in [-0.15, -0.1) is 0 Å². The number of carboxylic acid groups (broad SMARTS) is 1. The number of nitrogens with zero attached hydrogens (tertiary/aromatic N) is 1. The summed E-state index contributed by atoms with van der Waals surface area (Å²) in [7, 11) is -3.98. The van der Waals surface area contributed by atoms with Crippen LogP contribution in [-0.4, -0.2) is 48.3 Å². The number of hydrogen-bond acceptors (Lipinski definition) is 4. The van der Waals surface area contributed by atoms with Crippen LogP contribution < -0.4 is 5.32 Å². The molecule has 1 aliphatic heterocycles. The van der Waals surface area contributed by atoms with Crippen LogP contribution in [0.2, 0.25) is 10.0 Å². The average molecular weight is 395 g/mol. The monoisotopic (exact) mass is 394 g/mol. The first-order valence-corrected chi connectivity index (χ1v) is 9.33. The first kappa shape index (κ1) is 19.0. The molecule has 132 valence electrons. The van der Waals surface area contributed by atoms with Crippen LogP contribution in [0.4, 0.5) is 0 Å². The summed E-state index contributed by atoms with van der Waals surface area (Å²) in [6, 6.07) is 1.86. The second-order valence-electron chi connectivity index (χ2n) is 5.45. The molecule has 0 bridgehead atoms. The van der Waals surface area contributed by atoms with E-state index >= 15 is 0 Å². The Morgan fingerprint density at radius 1 is 1.29 bits per heavy atom. The van der Waals surface area contributed by atoms with Gasteiger partial charge in [0.1, 0.15) is 12.1 Å². The number of sulfonamides is 1. The molecule has 7 nitrogen and oxygen atoms in total. The number of nitrogens with one attached hydrogen (secondary N) is 1. The molecule has 2 rings (SSSR count). The normalized spacial score (nSPS) is 19.9. The van der Waals surface area contributed by atoms with Crippen molar-refractivity contribution in [2.24, 2.45) is 0 Å². The topological polar surface area (TPSA) is 104 Å². The van der Waals surface area contributed by atoms with Crippen LogP contribution >= 0.6 is 23.2 Å². The first-order valence-electron chi connectivity index (χ1n) is 7.14. The van der Waals surface area contributed by atoms with E-state index in [4.69, 9.17) is 28.3 Å². The van der Waals surface area contributed by atoms with Crippen molar-refractivity contribution in [3.05, 3.63) is 28.2 Å². The van der Waals surface area contributed by atoms with Crippen molar-refractivity contribution in [3.8, 4) is 0 Å². The quantitative estimate of drug-likeness (QED) is 0.791. The van der Waals surface area contributed by atoms with E-state index in [9.17, 15) is 18.0 Å². The van der Waals surface area contributed by atoms with Crippen LogP contribution in [-0.2, 0) is 19.6 Å². The fourth-order valence-electron chi connectivity index (χ4n) is 2.47. The van der Waals surface area contributed by atoms with E-state index in [1.54, 1.807) is 0 Å². The third-order valence-corrected chi connectivity index (χ3v) is 6.00. The molecule has 1 aliphatic rings. The van der Waals surface area contributed by atoms with Crippen molar-refractivity contribution < 1.29 is 23.1 Å². The molecular formula is C14H16Cl2N2O5S. The Bertz CT molecular complexity index is 748. The standard InChI is InChI=1S/C14H16Cl2N2O5S/c1-8(14(20)21)17-13(19)12-3-2-4-18(12)24(22,23)11-6-9(15)5-10(16)7-11/h5-8,12H,2-4H2,1H3,(H,17,19)(H,20,21)/t8?,12-/m0/s1. The number of hydrogen-bond donors (Lipinski definition) is 2. The molecule has 1 heterocycles. The molecule has 1 amide bonds. The van der Waals surface area contributed by atoms with Crippen LogP contribution in [0.15, 0.2) is 23.1 Å². The highest BCUT2D eigenvalue weighted by atomic mass is 35.5. The highest BCUT2D eigenvalue weighted by Crippen LogP contribution is 2.29. The molecule has 0 aliphatic carbocycles. The summed E-state index contributed by atoms with van der Waals surface area (Å²) in [6.45, 7) is 1.47. The number of amides is 1. The molecule has 1 unspecified atom stereocenters. The lowest BCUT2D eigenvalue weighted by Gasteiger charge is -2.24. The molecule has 1 fully saturated rings.